The predicted molar refractivity (Wildman–Crippen MR) is 119 cm³/mol. The average molecular weight is 427 g/mol. The lowest BCUT2D eigenvalue weighted by Gasteiger charge is -2.19. The molecule has 0 bridgehead atoms. The van der Waals surface area contributed by atoms with Crippen molar-refractivity contribution in [2.75, 3.05) is 19.5 Å². The van der Waals surface area contributed by atoms with Crippen LogP contribution in [0.25, 0.3) is 0 Å². The summed E-state index contributed by atoms with van der Waals surface area (Å²) in [7, 11) is 3.24. The second-order valence-corrected chi connectivity index (χ2v) is 7.76. The van der Waals surface area contributed by atoms with Crippen LogP contribution in [0.2, 0.25) is 0 Å². The van der Waals surface area contributed by atoms with Crippen LogP contribution in [0.4, 0.5) is 5.13 Å². The Bertz CT molecular complexity index is 973. The van der Waals surface area contributed by atoms with E-state index in [-0.39, 0.29) is 11.8 Å². The van der Waals surface area contributed by atoms with Gasteiger partial charge in [-0.25, -0.2) is 4.98 Å². The number of methoxy groups -OCH3 is 2. The Morgan fingerprint density at radius 3 is 2.53 bits per heavy atom. The van der Waals surface area contributed by atoms with Gasteiger partial charge in [0.25, 0.3) is 0 Å². The van der Waals surface area contributed by atoms with E-state index in [2.05, 4.69) is 14.7 Å². The Morgan fingerprint density at radius 1 is 1.13 bits per heavy atom. The zero-order valence-corrected chi connectivity index (χ0v) is 18.1. The van der Waals surface area contributed by atoms with E-state index in [1.54, 1.807) is 38.5 Å². The number of nitrogens with zero attached hydrogens (tertiary/aromatic N) is 2. The van der Waals surface area contributed by atoms with Crippen LogP contribution in [0.3, 0.4) is 0 Å². The van der Waals surface area contributed by atoms with Crippen molar-refractivity contribution < 1.29 is 14.3 Å². The number of carbonyl (C=O) groups excluding carboxylic acids is 1. The van der Waals surface area contributed by atoms with E-state index in [4.69, 9.17) is 15.2 Å². The molecule has 1 aromatic heterocycles. The molecule has 0 saturated carbocycles. The molecule has 3 rings (SSSR count). The summed E-state index contributed by atoms with van der Waals surface area (Å²) in [5, 5.41) is 3.82. The van der Waals surface area contributed by atoms with Crippen molar-refractivity contribution in [2.24, 2.45) is 5.73 Å². The Balaban J connectivity index is 1.74. The van der Waals surface area contributed by atoms with Gasteiger partial charge in [0.15, 0.2) is 5.78 Å². The van der Waals surface area contributed by atoms with Crippen LogP contribution in [0.1, 0.15) is 35.1 Å². The number of Topliss-reactive ketones (excluding diaryl/α,β-unsaturated/α-hetero) is 1. The number of ketones is 1. The summed E-state index contributed by atoms with van der Waals surface area (Å²) in [6.07, 6.45) is 1.03. The molecule has 0 spiro atoms. The molecule has 7 nitrogen and oxygen atoms in total. The third-order valence-corrected chi connectivity index (χ3v) is 5.29. The van der Waals surface area contributed by atoms with Crippen molar-refractivity contribution in [1.29, 1.82) is 0 Å². The van der Waals surface area contributed by atoms with E-state index in [1.165, 1.54) is 11.5 Å². The minimum atomic E-state index is -0.495. The number of carbonyl (C=O) groups is 1. The van der Waals surface area contributed by atoms with Crippen LogP contribution in [-0.2, 0) is 6.42 Å². The number of hydrogen-bond donors (Lipinski definition) is 2. The van der Waals surface area contributed by atoms with E-state index in [9.17, 15) is 4.79 Å². The lowest BCUT2D eigenvalue weighted by Crippen LogP contribution is -2.35. The van der Waals surface area contributed by atoms with Crippen molar-refractivity contribution in [2.45, 2.75) is 31.8 Å². The summed E-state index contributed by atoms with van der Waals surface area (Å²) in [5.74, 6) is 2.12. The highest BCUT2D eigenvalue weighted by Crippen LogP contribution is 2.23. The molecule has 0 amide bonds. The van der Waals surface area contributed by atoms with Crippen LogP contribution in [0.15, 0.2) is 48.5 Å². The first-order chi connectivity index (χ1) is 14.5. The first-order valence-corrected chi connectivity index (χ1v) is 10.4. The predicted octanol–water partition coefficient (Wildman–Crippen LogP) is 3.55. The van der Waals surface area contributed by atoms with E-state index in [1.807, 2.05) is 31.2 Å². The molecule has 0 radical (unpaired) electrons. The van der Waals surface area contributed by atoms with Crippen molar-refractivity contribution in [3.63, 3.8) is 0 Å². The lowest BCUT2D eigenvalue weighted by atomic mass is 9.99. The van der Waals surface area contributed by atoms with Crippen molar-refractivity contribution in [3.8, 4) is 11.5 Å². The first-order valence-electron chi connectivity index (χ1n) is 9.65. The zero-order chi connectivity index (χ0) is 21.5. The van der Waals surface area contributed by atoms with Gasteiger partial charge in [-0.15, -0.1) is 0 Å². The Kier molecular flexibility index (Phi) is 7.37. The molecule has 30 heavy (non-hydrogen) atoms. The maximum Gasteiger partial charge on any atom is 0.203 e. The molecule has 0 fully saturated rings. The standard InChI is InChI=1S/C22H26N4O3S/c1-14(23)12-18(21(27)15-8-10-17(28-2)11-9-15)24-22-25-20(26-30-22)13-16-6-4-5-7-19(16)29-3/h4-11,14,18H,12-13,23H2,1-3H3,(H,24,25,26). The van der Waals surface area contributed by atoms with Crippen molar-refractivity contribution in [1.82, 2.24) is 9.36 Å². The Labute approximate surface area is 180 Å². The average Bonchev–Trinajstić information content (AvgIpc) is 3.19. The molecule has 0 aliphatic heterocycles. The molecular formula is C22H26N4O3S. The van der Waals surface area contributed by atoms with E-state index < -0.39 is 6.04 Å². The zero-order valence-electron chi connectivity index (χ0n) is 17.3. The number of benzene rings is 2. The molecule has 3 aromatic rings. The number of hydrogen-bond acceptors (Lipinski definition) is 8. The van der Waals surface area contributed by atoms with Crippen LogP contribution in [-0.4, -0.2) is 41.4 Å². The highest BCUT2D eigenvalue weighted by atomic mass is 32.1. The normalized spacial score (nSPS) is 12.8. The molecule has 0 aliphatic rings. The monoisotopic (exact) mass is 426 g/mol. The number of aromatic nitrogens is 2. The molecule has 158 valence electrons. The van der Waals surface area contributed by atoms with Gasteiger partial charge < -0.3 is 20.5 Å². The summed E-state index contributed by atoms with van der Waals surface area (Å²) >= 11 is 1.23. The van der Waals surface area contributed by atoms with Crippen molar-refractivity contribution >= 4 is 22.4 Å². The van der Waals surface area contributed by atoms with E-state index in [0.29, 0.717) is 35.1 Å². The number of anilines is 1. The molecule has 0 aliphatic carbocycles. The molecule has 8 heteroatoms. The lowest BCUT2D eigenvalue weighted by molar-refractivity contribution is 0.0963. The van der Waals surface area contributed by atoms with Gasteiger partial charge in [-0.1, -0.05) is 18.2 Å². The molecule has 2 atom stereocenters. The molecule has 3 N–H and O–H groups in total. The molecule has 0 saturated heterocycles. The molecule has 2 unspecified atom stereocenters. The maximum atomic E-state index is 13.0. The second kappa shape index (κ2) is 10.2. The van der Waals surface area contributed by atoms with Crippen molar-refractivity contribution in [3.05, 3.63) is 65.5 Å². The van der Waals surface area contributed by atoms with Gasteiger partial charge in [-0.3, -0.25) is 4.79 Å². The van der Waals surface area contributed by atoms with Gasteiger partial charge in [0.1, 0.15) is 17.3 Å². The summed E-state index contributed by atoms with van der Waals surface area (Å²) in [6.45, 7) is 1.88. The molecule has 1 heterocycles. The highest BCUT2D eigenvalue weighted by molar-refractivity contribution is 7.09. The first kappa shape index (κ1) is 21.7. The fourth-order valence-corrected chi connectivity index (χ4v) is 3.75. The quantitative estimate of drug-likeness (QED) is 0.478. The van der Waals surface area contributed by atoms with Crippen LogP contribution in [0, 0.1) is 0 Å². The Hall–Kier alpha value is -2.97. The number of ether oxygens (including phenoxy) is 2. The summed E-state index contributed by atoms with van der Waals surface area (Å²) < 4.78 is 15.0. The maximum absolute atomic E-state index is 13.0. The molecule has 2 aromatic carbocycles. The highest BCUT2D eigenvalue weighted by Gasteiger charge is 2.23. The smallest absolute Gasteiger partial charge is 0.203 e. The van der Waals surface area contributed by atoms with Gasteiger partial charge in [0, 0.05) is 35.1 Å². The number of nitrogens with two attached hydrogens (primary N) is 1. The minimum absolute atomic E-state index is 0.0450. The van der Waals surface area contributed by atoms with Gasteiger partial charge >= 0.3 is 0 Å². The number of nitrogens with one attached hydrogen (secondary N) is 1. The Morgan fingerprint density at radius 2 is 1.87 bits per heavy atom. The molecular weight excluding hydrogens is 400 g/mol. The summed E-state index contributed by atoms with van der Waals surface area (Å²) in [6, 6.07) is 14.2. The number of rotatable bonds is 10. The van der Waals surface area contributed by atoms with Gasteiger partial charge in [0.05, 0.1) is 20.3 Å². The third-order valence-electron chi connectivity index (χ3n) is 4.61. The van der Waals surface area contributed by atoms with Crippen LogP contribution < -0.4 is 20.5 Å². The second-order valence-electron chi connectivity index (χ2n) is 7.01. The fraction of sp³-hybridized carbons (Fsp3) is 0.318. The van der Waals surface area contributed by atoms with E-state index >= 15 is 0 Å². The topological polar surface area (TPSA) is 99.4 Å². The van der Waals surface area contributed by atoms with Crippen LogP contribution in [0.5, 0.6) is 11.5 Å². The fourth-order valence-electron chi connectivity index (χ4n) is 3.11. The van der Waals surface area contributed by atoms with Gasteiger partial charge in [-0.2, -0.15) is 4.37 Å². The number of para-hydroxylation sites is 1. The summed E-state index contributed by atoms with van der Waals surface area (Å²) in [4.78, 5) is 17.6. The van der Waals surface area contributed by atoms with Crippen LogP contribution >= 0.6 is 11.5 Å². The van der Waals surface area contributed by atoms with Gasteiger partial charge in [0.2, 0.25) is 5.13 Å². The summed E-state index contributed by atoms with van der Waals surface area (Å²) in [5.41, 5.74) is 7.58. The minimum Gasteiger partial charge on any atom is -0.497 e. The van der Waals surface area contributed by atoms with Gasteiger partial charge in [-0.05, 0) is 43.7 Å². The SMILES string of the molecule is COc1ccc(C(=O)C(CC(C)N)Nc2nc(Cc3ccccc3OC)ns2)cc1. The van der Waals surface area contributed by atoms with E-state index in [0.717, 1.165) is 11.3 Å². The largest absolute Gasteiger partial charge is 0.497 e. The third kappa shape index (κ3) is 5.55.